The minimum atomic E-state index is 0.220. The second-order valence-corrected chi connectivity index (χ2v) is 3.19. The summed E-state index contributed by atoms with van der Waals surface area (Å²) < 4.78 is 0. The fourth-order valence-electron chi connectivity index (χ4n) is 1.10. The molecule has 1 nitrogen and oxygen atoms in total. The molecule has 1 heteroatoms. The zero-order valence-corrected chi connectivity index (χ0v) is 7.84. The number of terminal acetylenes is 1. The Kier molecular flexibility index (Phi) is 7.50. The molecule has 0 spiro atoms. The van der Waals surface area contributed by atoms with E-state index in [9.17, 15) is 0 Å². The van der Waals surface area contributed by atoms with E-state index in [4.69, 9.17) is 11.7 Å². The van der Waals surface area contributed by atoms with Gasteiger partial charge in [0.25, 0.3) is 0 Å². The molecule has 0 radical (unpaired) electrons. The SMILES string of the molecule is C#CCCCCCCC(C)C#N. The highest BCUT2D eigenvalue weighted by molar-refractivity contribution is 4.82. The summed E-state index contributed by atoms with van der Waals surface area (Å²) >= 11 is 0. The Balaban J connectivity index is 3.03. The Morgan fingerprint density at radius 2 is 1.92 bits per heavy atom. The van der Waals surface area contributed by atoms with Crippen LogP contribution in [-0.2, 0) is 0 Å². The molecule has 0 rings (SSSR count). The molecule has 66 valence electrons. The summed E-state index contributed by atoms with van der Waals surface area (Å²) in [6.07, 6.45) is 11.8. The highest BCUT2D eigenvalue weighted by atomic mass is 14.3. The summed E-state index contributed by atoms with van der Waals surface area (Å²) in [6, 6.07) is 2.23. The van der Waals surface area contributed by atoms with Crippen LogP contribution in [0.5, 0.6) is 0 Å². The lowest BCUT2D eigenvalue weighted by Crippen LogP contribution is -1.89. The predicted octanol–water partition coefficient (Wildman–Crippen LogP) is 3.12. The maximum absolute atomic E-state index is 8.50. The van der Waals surface area contributed by atoms with Crippen molar-refractivity contribution in [3.63, 3.8) is 0 Å². The van der Waals surface area contributed by atoms with Crippen molar-refractivity contribution < 1.29 is 0 Å². The van der Waals surface area contributed by atoms with Gasteiger partial charge in [-0.15, -0.1) is 12.3 Å². The summed E-state index contributed by atoms with van der Waals surface area (Å²) in [6.45, 7) is 1.97. The molecule has 0 aromatic rings. The molecule has 0 aliphatic carbocycles. The summed E-state index contributed by atoms with van der Waals surface area (Å²) in [4.78, 5) is 0. The van der Waals surface area contributed by atoms with Crippen LogP contribution in [-0.4, -0.2) is 0 Å². The topological polar surface area (TPSA) is 23.8 Å². The van der Waals surface area contributed by atoms with Gasteiger partial charge in [-0.3, -0.25) is 0 Å². The fraction of sp³-hybridized carbons (Fsp3) is 0.727. The minimum absolute atomic E-state index is 0.220. The Bertz CT molecular complexity index is 170. The molecule has 0 aromatic carbocycles. The highest BCUT2D eigenvalue weighted by Crippen LogP contribution is 2.09. The standard InChI is InChI=1S/C11H17N/c1-3-4-5-6-7-8-9-11(2)10-12/h1,11H,4-9H2,2H3. The van der Waals surface area contributed by atoms with Crippen LogP contribution in [0.15, 0.2) is 0 Å². The Labute approximate surface area is 75.8 Å². The molecule has 0 bridgehead atoms. The Morgan fingerprint density at radius 1 is 1.25 bits per heavy atom. The van der Waals surface area contributed by atoms with Crippen molar-refractivity contribution in [2.24, 2.45) is 5.92 Å². The lowest BCUT2D eigenvalue weighted by atomic mass is 10.0. The van der Waals surface area contributed by atoms with E-state index in [1.807, 2.05) is 6.92 Å². The third-order valence-corrected chi connectivity index (χ3v) is 1.93. The smallest absolute Gasteiger partial charge is 0.0652 e. The average molecular weight is 163 g/mol. The first-order chi connectivity index (χ1) is 5.81. The van der Waals surface area contributed by atoms with E-state index in [1.165, 1.54) is 19.3 Å². The minimum Gasteiger partial charge on any atom is -0.198 e. The van der Waals surface area contributed by atoms with Crippen molar-refractivity contribution in [3.05, 3.63) is 0 Å². The van der Waals surface area contributed by atoms with Crippen molar-refractivity contribution in [1.29, 1.82) is 5.26 Å². The molecule has 0 saturated carbocycles. The number of nitriles is 1. The monoisotopic (exact) mass is 163 g/mol. The van der Waals surface area contributed by atoms with E-state index < -0.39 is 0 Å². The first kappa shape index (κ1) is 11.1. The van der Waals surface area contributed by atoms with Gasteiger partial charge in [0, 0.05) is 12.3 Å². The lowest BCUT2D eigenvalue weighted by molar-refractivity contribution is 0.562. The van der Waals surface area contributed by atoms with Crippen molar-refractivity contribution in [1.82, 2.24) is 0 Å². The van der Waals surface area contributed by atoms with Gasteiger partial charge in [-0.05, 0) is 19.8 Å². The van der Waals surface area contributed by atoms with Gasteiger partial charge in [0.1, 0.15) is 0 Å². The van der Waals surface area contributed by atoms with E-state index in [1.54, 1.807) is 0 Å². The second kappa shape index (κ2) is 8.15. The maximum atomic E-state index is 8.50. The van der Waals surface area contributed by atoms with Gasteiger partial charge < -0.3 is 0 Å². The largest absolute Gasteiger partial charge is 0.198 e. The molecular formula is C11H17N. The molecule has 0 heterocycles. The first-order valence-corrected chi connectivity index (χ1v) is 4.64. The molecule has 1 unspecified atom stereocenters. The number of hydrogen-bond acceptors (Lipinski definition) is 1. The van der Waals surface area contributed by atoms with Crippen LogP contribution in [0.2, 0.25) is 0 Å². The van der Waals surface area contributed by atoms with Gasteiger partial charge in [-0.25, -0.2) is 0 Å². The van der Waals surface area contributed by atoms with E-state index in [-0.39, 0.29) is 5.92 Å². The molecule has 0 amide bonds. The van der Waals surface area contributed by atoms with Gasteiger partial charge in [-0.1, -0.05) is 19.3 Å². The molecule has 0 fully saturated rings. The van der Waals surface area contributed by atoms with Crippen molar-refractivity contribution in [2.75, 3.05) is 0 Å². The summed E-state index contributed by atoms with van der Waals surface area (Å²) in [5.41, 5.74) is 0. The van der Waals surface area contributed by atoms with Crippen LogP contribution in [0.1, 0.15) is 45.4 Å². The molecule has 0 aliphatic heterocycles. The molecular weight excluding hydrogens is 146 g/mol. The maximum Gasteiger partial charge on any atom is 0.0652 e. The summed E-state index contributed by atoms with van der Waals surface area (Å²) in [5.74, 6) is 2.85. The van der Waals surface area contributed by atoms with Crippen molar-refractivity contribution in [2.45, 2.75) is 45.4 Å². The van der Waals surface area contributed by atoms with Gasteiger partial charge in [0.05, 0.1) is 6.07 Å². The van der Waals surface area contributed by atoms with Gasteiger partial charge in [0.15, 0.2) is 0 Å². The molecule has 12 heavy (non-hydrogen) atoms. The molecule has 0 aliphatic rings. The van der Waals surface area contributed by atoms with Crippen LogP contribution in [0.3, 0.4) is 0 Å². The van der Waals surface area contributed by atoms with Crippen LogP contribution < -0.4 is 0 Å². The van der Waals surface area contributed by atoms with Crippen LogP contribution in [0, 0.1) is 29.6 Å². The molecule has 0 aromatic heterocycles. The first-order valence-electron chi connectivity index (χ1n) is 4.64. The fourth-order valence-corrected chi connectivity index (χ4v) is 1.10. The van der Waals surface area contributed by atoms with Gasteiger partial charge >= 0.3 is 0 Å². The predicted molar refractivity (Wildman–Crippen MR) is 51.3 cm³/mol. The number of rotatable bonds is 6. The van der Waals surface area contributed by atoms with Crippen LogP contribution >= 0.6 is 0 Å². The summed E-state index contributed by atoms with van der Waals surface area (Å²) in [7, 11) is 0. The third-order valence-electron chi connectivity index (χ3n) is 1.93. The number of unbranched alkanes of at least 4 members (excludes halogenated alkanes) is 4. The van der Waals surface area contributed by atoms with Crippen LogP contribution in [0.25, 0.3) is 0 Å². The van der Waals surface area contributed by atoms with Gasteiger partial charge in [0.2, 0.25) is 0 Å². The van der Waals surface area contributed by atoms with E-state index in [2.05, 4.69) is 12.0 Å². The van der Waals surface area contributed by atoms with Gasteiger partial charge in [-0.2, -0.15) is 5.26 Å². The van der Waals surface area contributed by atoms with Crippen molar-refractivity contribution >= 4 is 0 Å². The zero-order chi connectivity index (χ0) is 9.23. The quantitative estimate of drug-likeness (QED) is 0.436. The molecule has 0 N–H and O–H groups in total. The highest BCUT2D eigenvalue weighted by Gasteiger charge is 1.97. The zero-order valence-electron chi connectivity index (χ0n) is 7.84. The number of nitrogens with zero attached hydrogens (tertiary/aromatic N) is 1. The lowest BCUT2D eigenvalue weighted by Gasteiger charge is -2.00. The van der Waals surface area contributed by atoms with E-state index in [0.717, 1.165) is 19.3 Å². The number of hydrogen-bond donors (Lipinski definition) is 0. The van der Waals surface area contributed by atoms with Crippen LogP contribution in [0.4, 0.5) is 0 Å². The van der Waals surface area contributed by atoms with Crippen molar-refractivity contribution in [3.8, 4) is 18.4 Å². The second-order valence-electron chi connectivity index (χ2n) is 3.19. The summed E-state index contributed by atoms with van der Waals surface area (Å²) in [5, 5.41) is 8.50. The van der Waals surface area contributed by atoms with E-state index >= 15 is 0 Å². The van der Waals surface area contributed by atoms with E-state index in [0.29, 0.717) is 0 Å². The Morgan fingerprint density at radius 3 is 2.50 bits per heavy atom. The molecule has 0 saturated heterocycles. The third kappa shape index (κ3) is 7.16. The Hall–Kier alpha value is -0.950. The molecule has 1 atom stereocenters. The normalized spacial score (nSPS) is 11.6. The average Bonchev–Trinajstić information content (AvgIpc) is 2.10.